The molecule has 0 fully saturated rings. The number of primary amides is 1. The molecule has 0 saturated heterocycles. The van der Waals surface area contributed by atoms with Gasteiger partial charge < -0.3 is 15.7 Å². The summed E-state index contributed by atoms with van der Waals surface area (Å²) in [5.41, 5.74) is 4.11. The molecule has 0 bridgehead atoms. The summed E-state index contributed by atoms with van der Waals surface area (Å²) in [7, 11) is 0. The van der Waals surface area contributed by atoms with Crippen LogP contribution in [0.3, 0.4) is 0 Å². The van der Waals surface area contributed by atoms with Crippen molar-refractivity contribution in [2.45, 2.75) is 32.8 Å². The molecule has 0 rings (SSSR count). The summed E-state index contributed by atoms with van der Waals surface area (Å²) < 4.78 is 0. The molecule has 0 aliphatic heterocycles. The maximum Gasteiger partial charge on any atom is 0.227 e. The van der Waals surface area contributed by atoms with Crippen molar-refractivity contribution < 1.29 is 14.7 Å². The summed E-state index contributed by atoms with van der Waals surface area (Å²) in [6, 6.07) is 0. The molecule has 3 N–H and O–H groups in total. The van der Waals surface area contributed by atoms with Gasteiger partial charge in [0.2, 0.25) is 11.8 Å². The lowest BCUT2D eigenvalue weighted by molar-refractivity contribution is -0.133. The first-order valence-corrected chi connectivity index (χ1v) is 6.78. The Morgan fingerprint density at radius 1 is 1.41 bits per heavy atom. The molecule has 0 aromatic rings. The summed E-state index contributed by atoms with van der Waals surface area (Å²) in [5.74, 6) is 0.438. The van der Waals surface area contributed by atoms with Gasteiger partial charge in [0.05, 0.1) is 11.4 Å². The van der Waals surface area contributed by atoms with E-state index in [0.29, 0.717) is 25.3 Å². The Morgan fingerprint density at radius 2 is 2.00 bits per heavy atom. The molecule has 6 heteroatoms. The highest BCUT2D eigenvalue weighted by atomic mass is 32.2. The third-order valence-electron chi connectivity index (χ3n) is 2.02. The van der Waals surface area contributed by atoms with Crippen molar-refractivity contribution >= 4 is 23.6 Å². The normalized spacial score (nSPS) is 11.3. The fourth-order valence-corrected chi connectivity index (χ4v) is 2.00. The van der Waals surface area contributed by atoms with Crippen LogP contribution in [-0.2, 0) is 9.59 Å². The van der Waals surface area contributed by atoms with E-state index >= 15 is 0 Å². The number of likely N-dealkylation sites (N-methyl/N-ethyl adjacent to an activating group) is 1. The molecular weight excluding hydrogens is 240 g/mol. The topological polar surface area (TPSA) is 83.6 Å². The lowest BCUT2D eigenvalue weighted by Crippen LogP contribution is -2.42. The Labute approximate surface area is 107 Å². The average molecular weight is 262 g/mol. The van der Waals surface area contributed by atoms with Crippen LogP contribution in [0.25, 0.3) is 0 Å². The maximum atomic E-state index is 11.8. The number of aliphatic hydroxyl groups is 1. The van der Waals surface area contributed by atoms with Crippen LogP contribution in [-0.4, -0.2) is 52.0 Å². The number of amides is 2. The monoisotopic (exact) mass is 262 g/mol. The van der Waals surface area contributed by atoms with Crippen molar-refractivity contribution in [2.75, 3.05) is 24.6 Å². The Balaban J connectivity index is 3.97. The predicted octanol–water partition coefficient (Wildman–Crippen LogP) is 0.214. The van der Waals surface area contributed by atoms with Crippen molar-refractivity contribution in [3.8, 4) is 0 Å². The summed E-state index contributed by atoms with van der Waals surface area (Å²) in [4.78, 5) is 23.9. The van der Waals surface area contributed by atoms with Crippen LogP contribution in [0.4, 0.5) is 0 Å². The molecule has 2 amide bonds. The Morgan fingerprint density at radius 3 is 2.41 bits per heavy atom. The number of carbonyl (C=O) groups is 2. The quantitative estimate of drug-likeness (QED) is 0.613. The van der Waals surface area contributed by atoms with Crippen molar-refractivity contribution in [2.24, 2.45) is 5.73 Å². The second kappa shape index (κ2) is 7.55. The molecule has 0 atom stereocenters. The number of rotatable bonds is 8. The molecule has 100 valence electrons. The smallest absolute Gasteiger partial charge is 0.227 e. The Bertz CT molecular complexity index is 264. The number of hydrogen-bond donors (Lipinski definition) is 2. The van der Waals surface area contributed by atoms with Crippen LogP contribution in [0, 0.1) is 0 Å². The van der Waals surface area contributed by atoms with Gasteiger partial charge in [0.1, 0.15) is 0 Å². The van der Waals surface area contributed by atoms with Crippen LogP contribution in [0.1, 0.15) is 27.2 Å². The molecule has 17 heavy (non-hydrogen) atoms. The molecule has 0 aromatic carbocycles. The minimum atomic E-state index is -0.883. The highest BCUT2D eigenvalue weighted by molar-refractivity contribution is 7.99. The van der Waals surface area contributed by atoms with Crippen LogP contribution < -0.4 is 5.73 Å². The lowest BCUT2D eigenvalue weighted by atomic mass is 10.1. The third kappa shape index (κ3) is 9.00. The molecule has 0 aromatic heterocycles. The Kier molecular flexibility index (Phi) is 7.22. The molecule has 0 aliphatic rings. The first-order valence-electron chi connectivity index (χ1n) is 5.62. The van der Waals surface area contributed by atoms with Gasteiger partial charge in [-0.05, 0) is 20.8 Å². The zero-order valence-electron chi connectivity index (χ0n) is 10.7. The minimum absolute atomic E-state index is 0.00778. The maximum absolute atomic E-state index is 11.8. The molecule has 0 spiro atoms. The van der Waals surface area contributed by atoms with Crippen molar-refractivity contribution in [3.63, 3.8) is 0 Å². The van der Waals surface area contributed by atoms with Gasteiger partial charge in [-0.2, -0.15) is 11.8 Å². The standard InChI is InChI=1S/C11H22N2O3S/c1-4-13(8-11(2,3)16)10(15)5-6-17-7-9(12)14/h16H,4-8H2,1-3H3,(H2,12,14). The summed E-state index contributed by atoms with van der Waals surface area (Å²) in [5, 5.41) is 9.65. The van der Waals surface area contributed by atoms with Gasteiger partial charge in [0.15, 0.2) is 0 Å². The van der Waals surface area contributed by atoms with Gasteiger partial charge in [-0.25, -0.2) is 0 Å². The van der Waals surface area contributed by atoms with Crippen LogP contribution in [0.5, 0.6) is 0 Å². The van der Waals surface area contributed by atoms with E-state index in [1.807, 2.05) is 6.92 Å². The van der Waals surface area contributed by atoms with E-state index in [1.165, 1.54) is 11.8 Å². The van der Waals surface area contributed by atoms with Gasteiger partial charge >= 0.3 is 0 Å². The molecule has 5 nitrogen and oxygen atoms in total. The number of thioether (sulfide) groups is 1. The lowest BCUT2D eigenvalue weighted by Gasteiger charge is -2.28. The van der Waals surface area contributed by atoms with Gasteiger partial charge in [0.25, 0.3) is 0 Å². The number of hydrogen-bond acceptors (Lipinski definition) is 4. The van der Waals surface area contributed by atoms with Crippen LogP contribution >= 0.6 is 11.8 Å². The van der Waals surface area contributed by atoms with E-state index in [-0.39, 0.29) is 17.6 Å². The number of nitrogens with two attached hydrogens (primary N) is 1. The zero-order chi connectivity index (χ0) is 13.5. The fraction of sp³-hybridized carbons (Fsp3) is 0.818. The van der Waals surface area contributed by atoms with Crippen molar-refractivity contribution in [1.29, 1.82) is 0 Å². The SMILES string of the molecule is CCN(CC(C)(C)O)C(=O)CCSCC(N)=O. The first kappa shape index (κ1) is 16.2. The van der Waals surface area contributed by atoms with E-state index in [4.69, 9.17) is 5.73 Å². The number of nitrogens with zero attached hydrogens (tertiary/aromatic N) is 1. The van der Waals surface area contributed by atoms with E-state index < -0.39 is 5.60 Å². The van der Waals surface area contributed by atoms with Gasteiger partial charge in [-0.3, -0.25) is 9.59 Å². The highest BCUT2D eigenvalue weighted by Crippen LogP contribution is 2.08. The molecular formula is C11H22N2O3S. The molecule has 0 unspecified atom stereocenters. The molecule has 0 saturated carbocycles. The number of carbonyl (C=O) groups excluding carboxylic acids is 2. The van der Waals surface area contributed by atoms with Crippen LogP contribution in [0.2, 0.25) is 0 Å². The van der Waals surface area contributed by atoms with E-state index in [2.05, 4.69) is 0 Å². The molecule has 0 radical (unpaired) electrons. The van der Waals surface area contributed by atoms with Crippen molar-refractivity contribution in [3.05, 3.63) is 0 Å². The molecule has 0 heterocycles. The fourth-order valence-electron chi connectivity index (χ4n) is 1.33. The van der Waals surface area contributed by atoms with E-state index in [9.17, 15) is 14.7 Å². The minimum Gasteiger partial charge on any atom is -0.389 e. The zero-order valence-corrected chi connectivity index (χ0v) is 11.5. The van der Waals surface area contributed by atoms with Gasteiger partial charge in [0, 0.05) is 25.3 Å². The second-order valence-corrected chi connectivity index (χ2v) is 5.59. The van der Waals surface area contributed by atoms with Gasteiger partial charge in [-0.15, -0.1) is 0 Å². The van der Waals surface area contributed by atoms with Gasteiger partial charge in [-0.1, -0.05) is 0 Å². The predicted molar refractivity (Wildman–Crippen MR) is 69.7 cm³/mol. The summed E-state index contributed by atoms with van der Waals surface area (Å²) in [6.45, 7) is 6.11. The summed E-state index contributed by atoms with van der Waals surface area (Å²) >= 11 is 1.35. The Hall–Kier alpha value is -0.750. The van der Waals surface area contributed by atoms with E-state index in [0.717, 1.165) is 0 Å². The largest absolute Gasteiger partial charge is 0.389 e. The third-order valence-corrected chi connectivity index (χ3v) is 3.00. The average Bonchev–Trinajstić information content (AvgIpc) is 2.19. The first-order chi connectivity index (χ1) is 7.76. The second-order valence-electron chi connectivity index (χ2n) is 4.49. The van der Waals surface area contributed by atoms with Crippen LogP contribution in [0.15, 0.2) is 0 Å². The highest BCUT2D eigenvalue weighted by Gasteiger charge is 2.20. The van der Waals surface area contributed by atoms with Crippen molar-refractivity contribution in [1.82, 2.24) is 4.90 Å². The molecule has 0 aliphatic carbocycles. The summed E-state index contributed by atoms with van der Waals surface area (Å²) in [6.07, 6.45) is 0.363. The van der Waals surface area contributed by atoms with E-state index in [1.54, 1.807) is 18.7 Å².